The molecule has 2 N–H and O–H groups in total. The van der Waals surface area contributed by atoms with Gasteiger partial charge in [-0.15, -0.1) is 10.2 Å². The largest absolute Gasteiger partial charge is 0.301 e. The normalized spacial score (nSPS) is 11.1. The number of thioether (sulfide) groups is 2. The van der Waals surface area contributed by atoms with Crippen LogP contribution in [-0.2, 0) is 4.79 Å². The minimum atomic E-state index is -0.376. The molecular weight excluding hydrogens is 449 g/mol. The van der Waals surface area contributed by atoms with Gasteiger partial charge >= 0.3 is 0 Å². The van der Waals surface area contributed by atoms with Crippen molar-refractivity contribution < 1.29 is 9.18 Å². The van der Waals surface area contributed by atoms with E-state index in [2.05, 4.69) is 30.6 Å². The molecule has 0 aliphatic carbocycles. The van der Waals surface area contributed by atoms with E-state index in [-0.39, 0.29) is 28.2 Å². The van der Waals surface area contributed by atoms with Crippen molar-refractivity contribution in [2.24, 2.45) is 0 Å². The SMILES string of the molecule is CCSc1nnc(NC(=O)CSc2nc3c(cnn3-c3ccc(F)cc3)c(=O)[nH]2)s1. The van der Waals surface area contributed by atoms with E-state index in [9.17, 15) is 14.0 Å². The summed E-state index contributed by atoms with van der Waals surface area (Å²) in [7, 11) is 0. The molecule has 0 fully saturated rings. The van der Waals surface area contributed by atoms with Crippen LogP contribution in [0.2, 0.25) is 0 Å². The van der Waals surface area contributed by atoms with Crippen LogP contribution in [0, 0.1) is 5.82 Å². The zero-order chi connectivity index (χ0) is 21.1. The Morgan fingerprint density at radius 2 is 2.07 bits per heavy atom. The number of hydrogen-bond acceptors (Lipinski definition) is 9. The van der Waals surface area contributed by atoms with Gasteiger partial charge < -0.3 is 4.98 Å². The highest BCUT2D eigenvalue weighted by atomic mass is 32.2. The van der Waals surface area contributed by atoms with Crippen molar-refractivity contribution >= 4 is 56.9 Å². The maximum absolute atomic E-state index is 13.2. The number of hydrogen-bond donors (Lipinski definition) is 2. The van der Waals surface area contributed by atoms with Gasteiger partial charge in [0.15, 0.2) is 15.1 Å². The summed E-state index contributed by atoms with van der Waals surface area (Å²) in [6.45, 7) is 2.01. The topological polar surface area (TPSA) is 118 Å². The number of fused-ring (bicyclic) bond motifs is 1. The first-order chi connectivity index (χ1) is 14.5. The number of H-pyrrole nitrogens is 1. The molecule has 1 aromatic carbocycles. The maximum Gasteiger partial charge on any atom is 0.262 e. The number of anilines is 1. The number of amides is 1. The molecule has 0 aliphatic rings. The molecule has 0 spiro atoms. The minimum Gasteiger partial charge on any atom is -0.301 e. The summed E-state index contributed by atoms with van der Waals surface area (Å²) < 4.78 is 15.4. The average Bonchev–Trinajstić information content (AvgIpc) is 3.35. The Kier molecular flexibility index (Phi) is 6.11. The van der Waals surface area contributed by atoms with Crippen molar-refractivity contribution in [1.29, 1.82) is 0 Å². The van der Waals surface area contributed by atoms with Crippen molar-refractivity contribution in [3.05, 3.63) is 46.6 Å². The monoisotopic (exact) mass is 463 g/mol. The van der Waals surface area contributed by atoms with Crippen LogP contribution < -0.4 is 10.9 Å². The fourth-order valence-electron chi connectivity index (χ4n) is 2.47. The van der Waals surface area contributed by atoms with Crippen molar-refractivity contribution in [3.8, 4) is 5.69 Å². The van der Waals surface area contributed by atoms with E-state index in [1.807, 2.05) is 6.92 Å². The zero-order valence-corrected chi connectivity index (χ0v) is 17.9. The number of halogens is 1. The number of nitrogens with one attached hydrogen (secondary N) is 2. The van der Waals surface area contributed by atoms with Crippen LogP contribution in [0.3, 0.4) is 0 Å². The minimum absolute atomic E-state index is 0.0228. The number of carbonyl (C=O) groups excluding carboxylic acids is 1. The van der Waals surface area contributed by atoms with E-state index in [1.165, 1.54) is 46.5 Å². The molecule has 30 heavy (non-hydrogen) atoms. The Hall–Kier alpha value is -2.77. The molecule has 3 heterocycles. The van der Waals surface area contributed by atoms with Gasteiger partial charge in [0.2, 0.25) is 11.0 Å². The quantitative estimate of drug-likeness (QED) is 0.244. The number of rotatable bonds is 7. The molecule has 3 aromatic heterocycles. The third-order valence-electron chi connectivity index (χ3n) is 3.75. The van der Waals surface area contributed by atoms with Gasteiger partial charge in [-0.1, -0.05) is 41.8 Å². The molecule has 4 aromatic rings. The predicted octanol–water partition coefficient (Wildman–Crippen LogP) is 2.94. The van der Waals surface area contributed by atoms with Crippen LogP contribution >= 0.6 is 34.9 Å². The third kappa shape index (κ3) is 4.52. The molecule has 1 amide bonds. The molecule has 0 radical (unpaired) electrons. The number of carbonyl (C=O) groups is 1. The molecule has 9 nitrogen and oxygen atoms in total. The van der Waals surface area contributed by atoms with Gasteiger partial charge in [-0.3, -0.25) is 14.9 Å². The Bertz CT molecular complexity index is 1250. The van der Waals surface area contributed by atoms with E-state index in [4.69, 9.17) is 0 Å². The first kappa shape index (κ1) is 20.5. The third-order valence-corrected chi connectivity index (χ3v) is 6.48. The van der Waals surface area contributed by atoms with Crippen molar-refractivity contribution in [3.63, 3.8) is 0 Å². The van der Waals surface area contributed by atoms with Gasteiger partial charge in [0.05, 0.1) is 17.6 Å². The first-order valence-electron chi connectivity index (χ1n) is 8.66. The smallest absolute Gasteiger partial charge is 0.262 e. The second-order valence-corrected chi connectivity index (χ2v) is 9.24. The molecule has 0 atom stereocenters. The van der Waals surface area contributed by atoms with Crippen LogP contribution in [0.25, 0.3) is 16.7 Å². The van der Waals surface area contributed by atoms with Gasteiger partial charge in [0.1, 0.15) is 11.2 Å². The van der Waals surface area contributed by atoms with E-state index in [0.29, 0.717) is 21.9 Å². The van der Waals surface area contributed by atoms with E-state index in [1.54, 1.807) is 11.8 Å². The van der Waals surface area contributed by atoms with Crippen molar-refractivity contribution in [2.45, 2.75) is 16.4 Å². The van der Waals surface area contributed by atoms with Gasteiger partial charge in [-0.25, -0.2) is 14.1 Å². The highest BCUT2D eigenvalue weighted by Gasteiger charge is 2.14. The second-order valence-electron chi connectivity index (χ2n) is 5.78. The van der Waals surface area contributed by atoms with E-state index in [0.717, 1.165) is 21.9 Å². The number of aromatic amines is 1. The molecule has 154 valence electrons. The van der Waals surface area contributed by atoms with Gasteiger partial charge in [0.25, 0.3) is 5.56 Å². The maximum atomic E-state index is 13.2. The van der Waals surface area contributed by atoms with Crippen LogP contribution in [-0.4, -0.2) is 47.4 Å². The summed E-state index contributed by atoms with van der Waals surface area (Å²) in [5.74, 6) is 0.224. The lowest BCUT2D eigenvalue weighted by Gasteiger charge is -2.04. The van der Waals surface area contributed by atoms with Crippen molar-refractivity contribution in [2.75, 3.05) is 16.8 Å². The summed E-state index contributed by atoms with van der Waals surface area (Å²) in [4.78, 5) is 31.6. The molecule has 0 bridgehead atoms. The summed E-state index contributed by atoms with van der Waals surface area (Å²) in [6.07, 6.45) is 1.40. The van der Waals surface area contributed by atoms with E-state index < -0.39 is 0 Å². The van der Waals surface area contributed by atoms with Gasteiger partial charge in [0, 0.05) is 0 Å². The van der Waals surface area contributed by atoms with Crippen molar-refractivity contribution in [1.82, 2.24) is 29.9 Å². The Labute approximate surface area is 181 Å². The van der Waals surface area contributed by atoms with Crippen LogP contribution in [0.1, 0.15) is 6.92 Å². The lowest BCUT2D eigenvalue weighted by Crippen LogP contribution is -2.15. The fourth-order valence-corrected chi connectivity index (χ4v) is 4.79. The molecule has 0 saturated carbocycles. The molecule has 4 rings (SSSR count). The first-order valence-corrected chi connectivity index (χ1v) is 11.4. The second kappa shape index (κ2) is 8.93. The Morgan fingerprint density at radius 1 is 1.27 bits per heavy atom. The number of nitrogens with zero attached hydrogens (tertiary/aromatic N) is 5. The summed E-state index contributed by atoms with van der Waals surface area (Å²) >= 11 is 3.92. The summed E-state index contributed by atoms with van der Waals surface area (Å²) in [5.41, 5.74) is 0.510. The fraction of sp³-hybridized carbons (Fsp3) is 0.176. The summed E-state index contributed by atoms with van der Waals surface area (Å²) in [6, 6.07) is 5.68. The average molecular weight is 464 g/mol. The Morgan fingerprint density at radius 3 is 2.83 bits per heavy atom. The van der Waals surface area contributed by atoms with Crippen LogP contribution in [0.4, 0.5) is 9.52 Å². The van der Waals surface area contributed by atoms with Gasteiger partial charge in [-0.2, -0.15) is 5.10 Å². The zero-order valence-electron chi connectivity index (χ0n) is 15.5. The number of aromatic nitrogens is 6. The van der Waals surface area contributed by atoms with Crippen LogP contribution in [0.5, 0.6) is 0 Å². The highest BCUT2D eigenvalue weighted by molar-refractivity contribution is 8.01. The lowest BCUT2D eigenvalue weighted by molar-refractivity contribution is -0.113. The molecule has 13 heteroatoms. The summed E-state index contributed by atoms with van der Waals surface area (Å²) in [5, 5.41) is 15.7. The predicted molar refractivity (Wildman–Crippen MR) is 115 cm³/mol. The molecular formula is C17H14FN7O2S3. The van der Waals surface area contributed by atoms with E-state index >= 15 is 0 Å². The van der Waals surface area contributed by atoms with Crippen LogP contribution in [0.15, 0.2) is 44.8 Å². The highest BCUT2D eigenvalue weighted by Crippen LogP contribution is 2.25. The standard InChI is InChI=1S/C17H14FN7O2S3/c1-2-28-17-24-23-16(30-17)20-12(26)8-29-15-21-13-11(14(27)22-15)7-19-25(13)10-5-3-9(18)4-6-10/h3-7H,2,8H2,1H3,(H,20,23,26)(H,21,22,27). The molecule has 0 aliphatic heterocycles. The molecule has 0 unspecified atom stereocenters. The Balaban J connectivity index is 1.50. The lowest BCUT2D eigenvalue weighted by atomic mass is 10.3. The molecule has 0 saturated heterocycles. The number of benzene rings is 1. The van der Waals surface area contributed by atoms with Gasteiger partial charge in [-0.05, 0) is 30.0 Å².